The van der Waals surface area contributed by atoms with Gasteiger partial charge < -0.3 is 10.2 Å². The van der Waals surface area contributed by atoms with E-state index >= 15 is 0 Å². The van der Waals surface area contributed by atoms with Crippen molar-refractivity contribution in [2.75, 3.05) is 13.6 Å². The standard InChI is InChI=1S/C16H24N6/c1-5-17-16(18-10-15-19-12-20-22(15)4)21(3)11-14-9-7-6-8-13(14)2/h6-9,12H,5,10-11H2,1-4H3,(H,17,18). The van der Waals surface area contributed by atoms with Gasteiger partial charge in [-0.05, 0) is 25.0 Å². The number of rotatable bonds is 5. The molecule has 2 aromatic rings. The molecule has 0 unspecified atom stereocenters. The van der Waals surface area contributed by atoms with E-state index in [0.29, 0.717) is 6.54 Å². The molecule has 0 bridgehead atoms. The topological polar surface area (TPSA) is 58.3 Å². The molecule has 6 heteroatoms. The van der Waals surface area contributed by atoms with Gasteiger partial charge in [0.1, 0.15) is 18.7 Å². The third-order valence-corrected chi connectivity index (χ3v) is 3.54. The smallest absolute Gasteiger partial charge is 0.194 e. The summed E-state index contributed by atoms with van der Waals surface area (Å²) in [7, 11) is 3.92. The van der Waals surface area contributed by atoms with Gasteiger partial charge in [-0.2, -0.15) is 5.10 Å². The van der Waals surface area contributed by atoms with Crippen molar-refractivity contribution in [1.82, 2.24) is 25.0 Å². The van der Waals surface area contributed by atoms with Crippen LogP contribution >= 0.6 is 0 Å². The van der Waals surface area contributed by atoms with Gasteiger partial charge in [0, 0.05) is 27.2 Å². The average molecular weight is 300 g/mol. The van der Waals surface area contributed by atoms with E-state index in [-0.39, 0.29) is 0 Å². The highest BCUT2D eigenvalue weighted by atomic mass is 15.3. The Hall–Kier alpha value is -2.37. The largest absolute Gasteiger partial charge is 0.357 e. The van der Waals surface area contributed by atoms with E-state index in [1.165, 1.54) is 11.1 Å². The quantitative estimate of drug-likeness (QED) is 0.675. The molecule has 2 rings (SSSR count). The molecule has 0 fully saturated rings. The first-order valence-electron chi connectivity index (χ1n) is 7.48. The van der Waals surface area contributed by atoms with Crippen LogP contribution in [0.4, 0.5) is 0 Å². The van der Waals surface area contributed by atoms with E-state index in [1.807, 2.05) is 14.1 Å². The Balaban J connectivity index is 2.09. The molecule has 0 amide bonds. The van der Waals surface area contributed by atoms with Crippen molar-refractivity contribution in [2.45, 2.75) is 26.9 Å². The molecule has 118 valence electrons. The Morgan fingerprint density at radius 2 is 2.14 bits per heavy atom. The number of nitrogens with zero attached hydrogens (tertiary/aromatic N) is 5. The van der Waals surface area contributed by atoms with Crippen LogP contribution in [0.2, 0.25) is 0 Å². The molecule has 6 nitrogen and oxygen atoms in total. The fourth-order valence-corrected chi connectivity index (χ4v) is 2.20. The van der Waals surface area contributed by atoms with E-state index in [9.17, 15) is 0 Å². The van der Waals surface area contributed by atoms with Crippen molar-refractivity contribution in [3.8, 4) is 0 Å². The normalized spacial score (nSPS) is 11.5. The first kappa shape index (κ1) is 16.0. The second-order valence-corrected chi connectivity index (χ2v) is 5.25. The number of nitrogens with one attached hydrogen (secondary N) is 1. The minimum atomic E-state index is 0.511. The van der Waals surface area contributed by atoms with Crippen molar-refractivity contribution >= 4 is 5.96 Å². The molecule has 0 spiro atoms. The molecule has 0 radical (unpaired) electrons. The number of hydrogen-bond acceptors (Lipinski definition) is 3. The second kappa shape index (κ2) is 7.59. The number of aliphatic imine (C=N–C) groups is 1. The van der Waals surface area contributed by atoms with E-state index in [0.717, 1.165) is 24.9 Å². The molecule has 0 saturated heterocycles. The lowest BCUT2D eigenvalue weighted by Crippen LogP contribution is -2.38. The zero-order chi connectivity index (χ0) is 15.9. The first-order chi connectivity index (χ1) is 10.6. The van der Waals surface area contributed by atoms with Gasteiger partial charge in [0.2, 0.25) is 0 Å². The van der Waals surface area contributed by atoms with E-state index < -0.39 is 0 Å². The molecule has 0 saturated carbocycles. The van der Waals surface area contributed by atoms with Crippen molar-refractivity contribution in [2.24, 2.45) is 12.0 Å². The van der Waals surface area contributed by atoms with Gasteiger partial charge in [0.25, 0.3) is 0 Å². The van der Waals surface area contributed by atoms with E-state index in [4.69, 9.17) is 0 Å². The van der Waals surface area contributed by atoms with Crippen molar-refractivity contribution in [3.05, 3.63) is 47.5 Å². The molecule has 0 atom stereocenters. The molecular weight excluding hydrogens is 276 g/mol. The SMILES string of the molecule is CCNC(=NCc1ncnn1C)N(C)Cc1ccccc1C. The fourth-order valence-electron chi connectivity index (χ4n) is 2.20. The van der Waals surface area contributed by atoms with Crippen molar-refractivity contribution < 1.29 is 0 Å². The molecule has 22 heavy (non-hydrogen) atoms. The summed E-state index contributed by atoms with van der Waals surface area (Å²) in [6, 6.07) is 8.41. The summed E-state index contributed by atoms with van der Waals surface area (Å²) in [6.07, 6.45) is 1.55. The van der Waals surface area contributed by atoms with Crippen LogP contribution in [0, 0.1) is 6.92 Å². The van der Waals surface area contributed by atoms with E-state index in [1.54, 1.807) is 11.0 Å². The lowest BCUT2D eigenvalue weighted by atomic mass is 10.1. The monoisotopic (exact) mass is 300 g/mol. The summed E-state index contributed by atoms with van der Waals surface area (Å²) < 4.78 is 1.74. The summed E-state index contributed by atoms with van der Waals surface area (Å²) in [6.45, 7) is 6.36. The summed E-state index contributed by atoms with van der Waals surface area (Å²) in [4.78, 5) is 11.0. The molecular formula is C16H24N6. The Morgan fingerprint density at radius 1 is 1.36 bits per heavy atom. The second-order valence-electron chi connectivity index (χ2n) is 5.25. The predicted molar refractivity (Wildman–Crippen MR) is 88.5 cm³/mol. The predicted octanol–water partition coefficient (Wildman–Crippen LogP) is 1.72. The summed E-state index contributed by atoms with van der Waals surface area (Å²) >= 11 is 0. The lowest BCUT2D eigenvalue weighted by molar-refractivity contribution is 0.474. The maximum absolute atomic E-state index is 4.65. The molecule has 0 aliphatic heterocycles. The first-order valence-corrected chi connectivity index (χ1v) is 7.48. The Morgan fingerprint density at radius 3 is 2.77 bits per heavy atom. The third kappa shape index (κ3) is 4.07. The van der Waals surface area contributed by atoms with Crippen LogP contribution in [0.15, 0.2) is 35.6 Å². The molecule has 0 aliphatic rings. The van der Waals surface area contributed by atoms with E-state index in [2.05, 4.69) is 63.4 Å². The molecule has 1 heterocycles. The van der Waals surface area contributed by atoms with Crippen LogP contribution in [-0.4, -0.2) is 39.2 Å². The number of aryl methyl sites for hydroxylation is 2. The van der Waals surface area contributed by atoms with Crippen LogP contribution in [0.1, 0.15) is 23.9 Å². The number of aromatic nitrogens is 3. The minimum Gasteiger partial charge on any atom is -0.357 e. The maximum atomic E-state index is 4.65. The summed E-state index contributed by atoms with van der Waals surface area (Å²) in [5.74, 6) is 1.72. The Labute approximate surface area is 131 Å². The highest BCUT2D eigenvalue weighted by molar-refractivity contribution is 5.79. The Bertz CT molecular complexity index is 631. The third-order valence-electron chi connectivity index (χ3n) is 3.54. The van der Waals surface area contributed by atoms with Gasteiger partial charge in [-0.15, -0.1) is 0 Å². The highest BCUT2D eigenvalue weighted by Crippen LogP contribution is 2.09. The fraction of sp³-hybridized carbons (Fsp3) is 0.438. The number of benzene rings is 1. The molecule has 1 aromatic heterocycles. The molecule has 1 aromatic carbocycles. The van der Waals surface area contributed by atoms with Crippen LogP contribution in [0.3, 0.4) is 0 Å². The van der Waals surface area contributed by atoms with Gasteiger partial charge in [0.15, 0.2) is 5.96 Å². The Kier molecular flexibility index (Phi) is 5.52. The van der Waals surface area contributed by atoms with Crippen LogP contribution in [-0.2, 0) is 20.1 Å². The van der Waals surface area contributed by atoms with Gasteiger partial charge in [-0.3, -0.25) is 4.68 Å². The van der Waals surface area contributed by atoms with Crippen LogP contribution < -0.4 is 5.32 Å². The molecule has 1 N–H and O–H groups in total. The summed E-state index contributed by atoms with van der Waals surface area (Å²) in [5, 5.41) is 7.39. The maximum Gasteiger partial charge on any atom is 0.194 e. The van der Waals surface area contributed by atoms with Gasteiger partial charge in [0.05, 0.1) is 0 Å². The van der Waals surface area contributed by atoms with Gasteiger partial charge >= 0.3 is 0 Å². The highest BCUT2D eigenvalue weighted by Gasteiger charge is 2.08. The van der Waals surface area contributed by atoms with Crippen LogP contribution in [0.25, 0.3) is 0 Å². The van der Waals surface area contributed by atoms with Crippen molar-refractivity contribution in [3.63, 3.8) is 0 Å². The van der Waals surface area contributed by atoms with Crippen LogP contribution in [0.5, 0.6) is 0 Å². The average Bonchev–Trinajstić information content (AvgIpc) is 2.91. The van der Waals surface area contributed by atoms with Gasteiger partial charge in [-0.1, -0.05) is 24.3 Å². The van der Waals surface area contributed by atoms with Gasteiger partial charge in [-0.25, -0.2) is 9.98 Å². The zero-order valence-electron chi connectivity index (χ0n) is 13.7. The number of hydrogen-bond donors (Lipinski definition) is 1. The minimum absolute atomic E-state index is 0.511. The zero-order valence-corrected chi connectivity index (χ0v) is 13.7. The summed E-state index contributed by atoms with van der Waals surface area (Å²) in [5.41, 5.74) is 2.59. The number of guanidine groups is 1. The van der Waals surface area contributed by atoms with Crippen molar-refractivity contribution in [1.29, 1.82) is 0 Å². The molecule has 0 aliphatic carbocycles. The lowest BCUT2D eigenvalue weighted by Gasteiger charge is -2.23.